The predicted molar refractivity (Wildman–Crippen MR) is 83.5 cm³/mol. The number of carbonyl (C=O) groups is 2. The van der Waals surface area contributed by atoms with E-state index in [0.717, 1.165) is 13.1 Å². The molecule has 0 aliphatic carbocycles. The molecule has 2 amide bonds. The number of carbonyl (C=O) groups excluding carboxylic acids is 2. The van der Waals surface area contributed by atoms with Crippen molar-refractivity contribution in [2.24, 2.45) is 0 Å². The second-order valence-corrected chi connectivity index (χ2v) is 6.04. The number of piperazine rings is 1. The van der Waals surface area contributed by atoms with Gasteiger partial charge < -0.3 is 19.0 Å². The van der Waals surface area contributed by atoms with Gasteiger partial charge in [-0.3, -0.25) is 14.5 Å². The topological polar surface area (TPSA) is 66.2 Å². The Kier molecular flexibility index (Phi) is 5.20. The fourth-order valence-electron chi connectivity index (χ4n) is 2.79. The maximum Gasteiger partial charge on any atom is 0.289 e. The fourth-order valence-corrected chi connectivity index (χ4v) is 2.94. The van der Waals surface area contributed by atoms with Crippen LogP contribution in [0.1, 0.15) is 10.6 Å². The van der Waals surface area contributed by atoms with Crippen molar-refractivity contribution in [3.8, 4) is 0 Å². The summed E-state index contributed by atoms with van der Waals surface area (Å²) in [4.78, 5) is 30.2. The summed E-state index contributed by atoms with van der Waals surface area (Å²) in [5, 5.41) is 0.202. The highest BCUT2D eigenvalue weighted by molar-refractivity contribution is 6.29. The second-order valence-electron chi connectivity index (χ2n) is 5.67. The number of hydrogen-bond acceptors (Lipinski definition) is 5. The molecule has 0 saturated carbocycles. The average Bonchev–Trinajstić information content (AvgIpc) is 3.02. The summed E-state index contributed by atoms with van der Waals surface area (Å²) in [6.45, 7) is 5.48. The van der Waals surface area contributed by atoms with Gasteiger partial charge in [0, 0.05) is 39.3 Å². The third-order valence-corrected chi connectivity index (χ3v) is 4.37. The van der Waals surface area contributed by atoms with Gasteiger partial charge in [-0.15, -0.1) is 0 Å². The Morgan fingerprint density at radius 1 is 1.00 bits per heavy atom. The Bertz CT molecular complexity index is 563. The van der Waals surface area contributed by atoms with E-state index in [2.05, 4.69) is 4.90 Å². The molecule has 2 fully saturated rings. The van der Waals surface area contributed by atoms with Crippen LogP contribution in [-0.2, 0) is 9.53 Å². The molecule has 126 valence electrons. The highest BCUT2D eigenvalue weighted by Crippen LogP contribution is 2.16. The zero-order valence-corrected chi connectivity index (χ0v) is 13.6. The normalized spacial score (nSPS) is 19.9. The monoisotopic (exact) mass is 341 g/mol. The van der Waals surface area contributed by atoms with Crippen LogP contribution in [0.3, 0.4) is 0 Å². The van der Waals surface area contributed by atoms with E-state index in [1.54, 1.807) is 17.0 Å². The molecule has 3 rings (SSSR count). The molecule has 1 aromatic heterocycles. The SMILES string of the molecule is O=C(CN1CCOCC1)N1CCN(C(=O)c2ccc(Cl)o2)CC1. The molecular weight excluding hydrogens is 322 g/mol. The quantitative estimate of drug-likeness (QED) is 0.803. The van der Waals surface area contributed by atoms with Crippen molar-refractivity contribution in [2.45, 2.75) is 0 Å². The lowest BCUT2D eigenvalue weighted by molar-refractivity contribution is -0.134. The molecule has 0 aromatic carbocycles. The highest BCUT2D eigenvalue weighted by Gasteiger charge is 2.27. The van der Waals surface area contributed by atoms with E-state index >= 15 is 0 Å². The Balaban J connectivity index is 1.47. The summed E-state index contributed by atoms with van der Waals surface area (Å²) in [6.07, 6.45) is 0. The molecule has 0 unspecified atom stereocenters. The smallest absolute Gasteiger partial charge is 0.289 e. The largest absolute Gasteiger partial charge is 0.440 e. The number of hydrogen-bond donors (Lipinski definition) is 0. The van der Waals surface area contributed by atoms with E-state index in [1.165, 1.54) is 0 Å². The van der Waals surface area contributed by atoms with Gasteiger partial charge in [0.25, 0.3) is 5.91 Å². The van der Waals surface area contributed by atoms with Gasteiger partial charge in [0.1, 0.15) is 0 Å². The second kappa shape index (κ2) is 7.33. The summed E-state index contributed by atoms with van der Waals surface area (Å²) in [7, 11) is 0. The van der Waals surface area contributed by atoms with Gasteiger partial charge in [0.15, 0.2) is 11.0 Å². The molecule has 0 N–H and O–H groups in total. The Labute approximate surface area is 139 Å². The van der Waals surface area contributed by atoms with Crippen molar-refractivity contribution in [3.05, 3.63) is 23.1 Å². The maximum atomic E-state index is 12.3. The van der Waals surface area contributed by atoms with Gasteiger partial charge in [-0.05, 0) is 23.7 Å². The molecule has 2 aliphatic rings. The van der Waals surface area contributed by atoms with Crippen molar-refractivity contribution in [1.29, 1.82) is 0 Å². The van der Waals surface area contributed by atoms with Crippen LogP contribution in [0.2, 0.25) is 5.22 Å². The van der Waals surface area contributed by atoms with Crippen LogP contribution in [0.5, 0.6) is 0 Å². The Morgan fingerprint density at radius 3 is 2.26 bits per heavy atom. The average molecular weight is 342 g/mol. The molecule has 23 heavy (non-hydrogen) atoms. The van der Waals surface area contributed by atoms with Crippen LogP contribution in [0, 0.1) is 0 Å². The molecule has 0 spiro atoms. The summed E-state index contributed by atoms with van der Waals surface area (Å²) >= 11 is 5.70. The molecule has 7 nitrogen and oxygen atoms in total. The predicted octanol–water partition coefficient (Wildman–Crippen LogP) is 0.550. The molecule has 1 aromatic rings. The summed E-state index contributed by atoms with van der Waals surface area (Å²) in [5.74, 6) is 0.167. The van der Waals surface area contributed by atoms with E-state index in [0.29, 0.717) is 45.9 Å². The zero-order chi connectivity index (χ0) is 16.2. The Morgan fingerprint density at radius 2 is 1.65 bits per heavy atom. The number of morpholine rings is 1. The van der Waals surface area contributed by atoms with E-state index in [1.807, 2.05) is 4.90 Å². The molecular formula is C15H20ClN3O4. The number of nitrogens with zero attached hydrogens (tertiary/aromatic N) is 3. The van der Waals surface area contributed by atoms with Gasteiger partial charge in [-0.1, -0.05) is 0 Å². The summed E-state index contributed by atoms with van der Waals surface area (Å²) < 4.78 is 10.4. The highest BCUT2D eigenvalue weighted by atomic mass is 35.5. The van der Waals surface area contributed by atoms with Crippen molar-refractivity contribution in [1.82, 2.24) is 14.7 Å². The van der Waals surface area contributed by atoms with Crippen LogP contribution in [0.25, 0.3) is 0 Å². The Hall–Kier alpha value is -1.57. The van der Waals surface area contributed by atoms with Gasteiger partial charge in [0.2, 0.25) is 5.91 Å². The molecule has 0 radical (unpaired) electrons. The first-order chi connectivity index (χ1) is 11.1. The van der Waals surface area contributed by atoms with E-state index in [9.17, 15) is 9.59 Å². The van der Waals surface area contributed by atoms with Crippen LogP contribution in [0.15, 0.2) is 16.5 Å². The maximum absolute atomic E-state index is 12.3. The van der Waals surface area contributed by atoms with E-state index < -0.39 is 0 Å². The molecule has 8 heteroatoms. The van der Waals surface area contributed by atoms with E-state index in [4.69, 9.17) is 20.8 Å². The van der Waals surface area contributed by atoms with Crippen LogP contribution in [0.4, 0.5) is 0 Å². The lowest BCUT2D eigenvalue weighted by Gasteiger charge is -2.36. The minimum atomic E-state index is -0.183. The fraction of sp³-hybridized carbons (Fsp3) is 0.600. The minimum absolute atomic E-state index is 0.111. The minimum Gasteiger partial charge on any atom is -0.440 e. The van der Waals surface area contributed by atoms with Gasteiger partial charge >= 0.3 is 0 Å². The summed E-state index contributed by atoms with van der Waals surface area (Å²) in [6, 6.07) is 3.12. The molecule has 3 heterocycles. The van der Waals surface area contributed by atoms with Gasteiger partial charge in [0.05, 0.1) is 19.8 Å². The standard InChI is InChI=1S/C15H20ClN3O4/c16-13-2-1-12(23-13)15(21)19-5-3-18(4-6-19)14(20)11-17-7-9-22-10-8-17/h1-2H,3-11H2. The molecule has 2 saturated heterocycles. The van der Waals surface area contributed by atoms with Crippen LogP contribution in [-0.4, -0.2) is 85.5 Å². The number of furan rings is 1. The first-order valence-corrected chi connectivity index (χ1v) is 8.14. The first kappa shape index (κ1) is 16.3. The van der Waals surface area contributed by atoms with Crippen molar-refractivity contribution in [2.75, 3.05) is 59.0 Å². The third-order valence-electron chi connectivity index (χ3n) is 4.17. The third kappa shape index (κ3) is 4.04. The van der Waals surface area contributed by atoms with Crippen LogP contribution < -0.4 is 0 Å². The summed E-state index contributed by atoms with van der Waals surface area (Å²) in [5.41, 5.74) is 0. The van der Waals surface area contributed by atoms with Gasteiger partial charge in [-0.2, -0.15) is 0 Å². The molecule has 2 aliphatic heterocycles. The van der Waals surface area contributed by atoms with Crippen molar-refractivity contribution >= 4 is 23.4 Å². The van der Waals surface area contributed by atoms with Crippen molar-refractivity contribution in [3.63, 3.8) is 0 Å². The van der Waals surface area contributed by atoms with Crippen LogP contribution >= 0.6 is 11.6 Å². The number of rotatable bonds is 3. The van der Waals surface area contributed by atoms with Crippen molar-refractivity contribution < 1.29 is 18.7 Å². The molecule has 0 bridgehead atoms. The molecule has 0 atom stereocenters. The lowest BCUT2D eigenvalue weighted by Crippen LogP contribution is -2.53. The number of halogens is 1. The zero-order valence-electron chi connectivity index (χ0n) is 12.9. The number of amides is 2. The van der Waals surface area contributed by atoms with Gasteiger partial charge in [-0.25, -0.2) is 0 Å². The first-order valence-electron chi connectivity index (χ1n) is 7.76. The lowest BCUT2D eigenvalue weighted by atomic mass is 10.2. The number of ether oxygens (including phenoxy) is 1. The van der Waals surface area contributed by atoms with E-state index in [-0.39, 0.29) is 22.8 Å².